The molecule has 14 heavy (non-hydrogen) atoms. The summed E-state index contributed by atoms with van der Waals surface area (Å²) >= 11 is 6.36. The molecule has 1 aromatic rings. The summed E-state index contributed by atoms with van der Waals surface area (Å²) in [5, 5.41) is 4.02. The Morgan fingerprint density at radius 1 is 1.43 bits per heavy atom. The van der Waals surface area contributed by atoms with Crippen molar-refractivity contribution in [1.82, 2.24) is 14.8 Å². The van der Waals surface area contributed by atoms with E-state index in [4.69, 9.17) is 0 Å². The van der Waals surface area contributed by atoms with Crippen LogP contribution in [0.5, 0.6) is 0 Å². The number of rotatable bonds is 2. The molecule has 1 aromatic heterocycles. The van der Waals surface area contributed by atoms with Crippen LogP contribution in [0, 0.1) is 5.41 Å². The Balaban J connectivity index is 2.80. The van der Waals surface area contributed by atoms with Crippen molar-refractivity contribution in [1.29, 1.82) is 0 Å². The molecule has 0 atom stereocenters. The number of halogens is 2. The third-order valence-corrected chi connectivity index (χ3v) is 2.65. The highest BCUT2D eigenvalue weighted by molar-refractivity contribution is 9.11. The minimum absolute atomic E-state index is 0.121. The van der Waals surface area contributed by atoms with Gasteiger partial charge >= 0.3 is 0 Å². The molecule has 0 N–H and O–H groups in total. The Labute approximate surface area is 99.3 Å². The smallest absolute Gasteiger partial charge is 0.218 e. The van der Waals surface area contributed by atoms with Gasteiger partial charge in [-0.05, 0) is 31.9 Å². The number of aromatic nitrogens is 3. The van der Waals surface area contributed by atoms with Crippen molar-refractivity contribution in [3.8, 4) is 0 Å². The molecule has 0 bridgehead atoms. The third-order valence-electron chi connectivity index (χ3n) is 1.73. The molecular formula is C8H11Br2N3O. The fourth-order valence-corrected chi connectivity index (χ4v) is 1.74. The topological polar surface area (TPSA) is 47.8 Å². The zero-order chi connectivity index (χ0) is 10.9. The van der Waals surface area contributed by atoms with E-state index in [-0.39, 0.29) is 17.7 Å². The molecule has 0 unspecified atom stereocenters. The first kappa shape index (κ1) is 11.8. The molecule has 0 aliphatic rings. The van der Waals surface area contributed by atoms with Crippen molar-refractivity contribution in [3.63, 3.8) is 0 Å². The second kappa shape index (κ2) is 4.10. The minimum Gasteiger partial charge on any atom is -0.297 e. The van der Waals surface area contributed by atoms with Gasteiger partial charge in [0, 0.05) is 5.41 Å². The lowest BCUT2D eigenvalue weighted by atomic mass is 9.91. The molecule has 0 amide bonds. The van der Waals surface area contributed by atoms with E-state index < -0.39 is 0 Å². The predicted molar refractivity (Wildman–Crippen MR) is 59.9 cm³/mol. The summed E-state index contributed by atoms with van der Waals surface area (Å²) in [6, 6.07) is 0. The number of hydrogen-bond donors (Lipinski definition) is 0. The van der Waals surface area contributed by atoms with Crippen LogP contribution < -0.4 is 0 Å². The van der Waals surface area contributed by atoms with Crippen LogP contribution in [0.3, 0.4) is 0 Å². The number of ketones is 1. The summed E-state index contributed by atoms with van der Waals surface area (Å²) in [5.74, 6) is 0.121. The molecular weight excluding hydrogens is 314 g/mol. The SMILES string of the molecule is CC(C)(C)C(=O)Cn1nc(Br)nc1Br. The van der Waals surface area contributed by atoms with Gasteiger partial charge < -0.3 is 0 Å². The molecule has 0 fully saturated rings. The zero-order valence-corrected chi connectivity index (χ0v) is 11.4. The highest BCUT2D eigenvalue weighted by atomic mass is 79.9. The van der Waals surface area contributed by atoms with Gasteiger partial charge in [0.1, 0.15) is 6.54 Å². The molecule has 0 aromatic carbocycles. The molecule has 0 aliphatic heterocycles. The second-order valence-corrected chi connectivity index (χ2v) is 5.40. The van der Waals surface area contributed by atoms with Gasteiger partial charge in [-0.15, -0.1) is 5.10 Å². The summed E-state index contributed by atoms with van der Waals surface area (Å²) < 4.78 is 2.56. The number of carbonyl (C=O) groups excluding carboxylic acids is 1. The van der Waals surface area contributed by atoms with Crippen molar-refractivity contribution in [2.24, 2.45) is 5.41 Å². The lowest BCUT2D eigenvalue weighted by molar-refractivity contribution is -0.127. The average Bonchev–Trinajstić information content (AvgIpc) is 2.28. The van der Waals surface area contributed by atoms with Gasteiger partial charge in [-0.25, -0.2) is 4.68 Å². The van der Waals surface area contributed by atoms with E-state index in [0.717, 1.165) is 0 Å². The number of hydrogen-bond acceptors (Lipinski definition) is 3. The van der Waals surface area contributed by atoms with Crippen LogP contribution in [0.4, 0.5) is 0 Å². The Kier molecular flexibility index (Phi) is 3.47. The minimum atomic E-state index is -0.349. The molecule has 0 saturated heterocycles. The molecule has 0 radical (unpaired) electrons. The first-order chi connectivity index (χ1) is 6.30. The van der Waals surface area contributed by atoms with Crippen molar-refractivity contribution in [3.05, 3.63) is 9.47 Å². The van der Waals surface area contributed by atoms with Crippen LogP contribution in [-0.4, -0.2) is 20.5 Å². The Hall–Kier alpha value is -0.230. The van der Waals surface area contributed by atoms with Crippen molar-refractivity contribution < 1.29 is 4.79 Å². The van der Waals surface area contributed by atoms with Crippen LogP contribution in [-0.2, 0) is 11.3 Å². The highest BCUT2D eigenvalue weighted by Crippen LogP contribution is 2.18. The van der Waals surface area contributed by atoms with E-state index in [1.54, 1.807) is 0 Å². The maximum absolute atomic E-state index is 11.7. The third kappa shape index (κ3) is 2.88. The molecule has 78 valence electrons. The summed E-state index contributed by atoms with van der Waals surface area (Å²) in [4.78, 5) is 15.6. The monoisotopic (exact) mass is 323 g/mol. The zero-order valence-electron chi connectivity index (χ0n) is 8.21. The number of carbonyl (C=O) groups is 1. The molecule has 0 aliphatic carbocycles. The van der Waals surface area contributed by atoms with Gasteiger partial charge in [0.15, 0.2) is 10.5 Å². The van der Waals surface area contributed by atoms with Gasteiger partial charge in [-0.2, -0.15) is 4.98 Å². The standard InChI is InChI=1S/C8H11Br2N3O/c1-8(2,3)5(14)4-13-7(10)11-6(9)12-13/h4H2,1-3H3. The predicted octanol–water partition coefficient (Wildman–Crippen LogP) is 2.42. The lowest BCUT2D eigenvalue weighted by Gasteiger charge is -2.16. The molecule has 0 saturated carbocycles. The van der Waals surface area contributed by atoms with Crippen LogP contribution in [0.25, 0.3) is 0 Å². The quantitative estimate of drug-likeness (QED) is 0.839. The highest BCUT2D eigenvalue weighted by Gasteiger charge is 2.22. The van der Waals surface area contributed by atoms with Crippen LogP contribution in [0.1, 0.15) is 20.8 Å². The van der Waals surface area contributed by atoms with E-state index in [9.17, 15) is 4.79 Å². The van der Waals surface area contributed by atoms with Crippen molar-refractivity contribution >= 4 is 37.6 Å². The van der Waals surface area contributed by atoms with Gasteiger partial charge in [-0.1, -0.05) is 20.8 Å². The molecule has 1 heterocycles. The van der Waals surface area contributed by atoms with E-state index >= 15 is 0 Å². The van der Waals surface area contributed by atoms with Gasteiger partial charge in [0.25, 0.3) is 0 Å². The van der Waals surface area contributed by atoms with Crippen LogP contribution >= 0.6 is 31.9 Å². The number of nitrogens with zero attached hydrogens (tertiary/aromatic N) is 3. The van der Waals surface area contributed by atoms with Gasteiger partial charge in [0.2, 0.25) is 4.73 Å². The fourth-order valence-electron chi connectivity index (χ4n) is 0.771. The maximum atomic E-state index is 11.7. The summed E-state index contributed by atoms with van der Waals surface area (Å²) in [5.41, 5.74) is -0.349. The van der Waals surface area contributed by atoms with Gasteiger partial charge in [0.05, 0.1) is 0 Å². The molecule has 4 nitrogen and oxygen atoms in total. The van der Waals surface area contributed by atoms with E-state index in [1.807, 2.05) is 20.8 Å². The Morgan fingerprint density at radius 3 is 2.36 bits per heavy atom. The summed E-state index contributed by atoms with van der Waals surface area (Å²) in [6.45, 7) is 5.89. The largest absolute Gasteiger partial charge is 0.297 e. The summed E-state index contributed by atoms with van der Waals surface area (Å²) in [7, 11) is 0. The second-order valence-electron chi connectivity index (χ2n) is 3.98. The Bertz CT molecular complexity index is 354. The van der Waals surface area contributed by atoms with Crippen LogP contribution in [0.2, 0.25) is 0 Å². The maximum Gasteiger partial charge on any atom is 0.218 e. The van der Waals surface area contributed by atoms with E-state index in [0.29, 0.717) is 9.47 Å². The average molecular weight is 325 g/mol. The van der Waals surface area contributed by atoms with Crippen molar-refractivity contribution in [2.75, 3.05) is 0 Å². The molecule has 0 spiro atoms. The lowest BCUT2D eigenvalue weighted by Crippen LogP contribution is -2.25. The van der Waals surface area contributed by atoms with E-state index in [2.05, 4.69) is 41.9 Å². The van der Waals surface area contributed by atoms with Gasteiger partial charge in [-0.3, -0.25) is 4.79 Å². The van der Waals surface area contributed by atoms with E-state index in [1.165, 1.54) is 4.68 Å². The molecule has 6 heteroatoms. The first-order valence-corrected chi connectivity index (χ1v) is 5.68. The van der Waals surface area contributed by atoms with Crippen molar-refractivity contribution in [2.45, 2.75) is 27.3 Å². The first-order valence-electron chi connectivity index (χ1n) is 4.10. The fraction of sp³-hybridized carbons (Fsp3) is 0.625. The van der Waals surface area contributed by atoms with Crippen LogP contribution in [0.15, 0.2) is 9.47 Å². The number of Topliss-reactive ketones (excluding diaryl/α,β-unsaturated/α-hetero) is 1. The summed E-state index contributed by atoms with van der Waals surface area (Å²) in [6.07, 6.45) is 0. The Morgan fingerprint density at radius 2 is 2.00 bits per heavy atom. The molecule has 1 rings (SSSR count). The normalized spacial score (nSPS) is 11.8.